The second kappa shape index (κ2) is 7.22. The molecular weight excluding hydrogens is 288 g/mol. The van der Waals surface area contributed by atoms with E-state index in [2.05, 4.69) is 5.32 Å². The molecule has 0 aliphatic carbocycles. The summed E-state index contributed by atoms with van der Waals surface area (Å²) in [5.74, 6) is -2.68. The van der Waals surface area contributed by atoms with Gasteiger partial charge in [0.2, 0.25) is 5.91 Å². The first-order chi connectivity index (χ1) is 10.2. The minimum atomic E-state index is -1.37. The molecule has 1 atom stereocenters. The number of nitrogens with one attached hydrogen (secondary N) is 1. The van der Waals surface area contributed by atoms with E-state index in [1.165, 1.54) is 13.8 Å². The number of rotatable bonds is 6. The standard InChI is InChI=1S/C15H16N2O5/c1-10(18)17-15(2,22-14(21)7-13(19)20)8-11-3-5-12(9-16)6-4-11/h3-6H,7-8H2,1-2H3,(H,17,18)(H,19,20). The van der Waals surface area contributed by atoms with Crippen molar-refractivity contribution in [3.63, 3.8) is 0 Å². The number of aliphatic carboxylic acids is 1. The number of hydrogen-bond donors (Lipinski definition) is 2. The topological polar surface area (TPSA) is 116 Å². The molecule has 0 aliphatic rings. The molecule has 1 unspecified atom stereocenters. The van der Waals surface area contributed by atoms with Crippen molar-refractivity contribution in [1.29, 1.82) is 5.26 Å². The van der Waals surface area contributed by atoms with Crippen LogP contribution in [0.2, 0.25) is 0 Å². The molecule has 1 aromatic carbocycles. The third kappa shape index (κ3) is 5.63. The Morgan fingerprint density at radius 2 is 1.91 bits per heavy atom. The van der Waals surface area contributed by atoms with Gasteiger partial charge >= 0.3 is 11.9 Å². The Bertz CT molecular complexity index is 618. The molecule has 0 fully saturated rings. The zero-order chi connectivity index (χ0) is 16.8. The summed E-state index contributed by atoms with van der Waals surface area (Å²) in [7, 11) is 0. The van der Waals surface area contributed by atoms with Gasteiger partial charge in [-0.05, 0) is 24.6 Å². The van der Waals surface area contributed by atoms with Crippen molar-refractivity contribution < 1.29 is 24.2 Å². The van der Waals surface area contributed by atoms with Crippen LogP contribution in [-0.2, 0) is 25.5 Å². The number of esters is 1. The lowest BCUT2D eigenvalue weighted by atomic mass is 10.0. The molecule has 0 saturated carbocycles. The van der Waals surface area contributed by atoms with Gasteiger partial charge in [0.25, 0.3) is 0 Å². The van der Waals surface area contributed by atoms with E-state index in [1.54, 1.807) is 24.3 Å². The molecule has 2 N–H and O–H groups in total. The van der Waals surface area contributed by atoms with Gasteiger partial charge in [-0.2, -0.15) is 5.26 Å². The van der Waals surface area contributed by atoms with Crippen molar-refractivity contribution in [3.8, 4) is 6.07 Å². The zero-order valence-corrected chi connectivity index (χ0v) is 12.3. The summed E-state index contributed by atoms with van der Waals surface area (Å²) in [5, 5.41) is 19.8. The molecule has 0 bridgehead atoms. The number of benzene rings is 1. The van der Waals surface area contributed by atoms with Gasteiger partial charge in [-0.15, -0.1) is 0 Å². The number of carbonyl (C=O) groups excluding carboxylic acids is 2. The number of carboxylic acids is 1. The highest BCUT2D eigenvalue weighted by Crippen LogP contribution is 2.17. The Labute approximate surface area is 127 Å². The van der Waals surface area contributed by atoms with Crippen LogP contribution in [0.15, 0.2) is 24.3 Å². The van der Waals surface area contributed by atoms with Gasteiger partial charge in [0.1, 0.15) is 6.42 Å². The molecule has 0 saturated heterocycles. The van der Waals surface area contributed by atoms with Crippen LogP contribution in [0.25, 0.3) is 0 Å². The summed E-state index contributed by atoms with van der Waals surface area (Å²) in [4.78, 5) is 33.4. The predicted octanol–water partition coefficient (Wildman–Crippen LogP) is 0.971. The van der Waals surface area contributed by atoms with Crippen LogP contribution < -0.4 is 5.32 Å². The normalized spacial score (nSPS) is 12.6. The van der Waals surface area contributed by atoms with Crippen molar-refractivity contribution >= 4 is 17.8 Å². The molecule has 22 heavy (non-hydrogen) atoms. The first kappa shape index (κ1) is 17.2. The van der Waals surface area contributed by atoms with Gasteiger partial charge in [-0.3, -0.25) is 14.4 Å². The highest BCUT2D eigenvalue weighted by Gasteiger charge is 2.30. The zero-order valence-electron chi connectivity index (χ0n) is 12.3. The van der Waals surface area contributed by atoms with Gasteiger partial charge in [-0.25, -0.2) is 0 Å². The van der Waals surface area contributed by atoms with E-state index in [-0.39, 0.29) is 6.42 Å². The van der Waals surface area contributed by atoms with Gasteiger partial charge in [0.15, 0.2) is 5.72 Å². The van der Waals surface area contributed by atoms with Gasteiger partial charge in [0.05, 0.1) is 11.6 Å². The van der Waals surface area contributed by atoms with E-state index in [0.29, 0.717) is 5.56 Å². The van der Waals surface area contributed by atoms with Crippen molar-refractivity contribution in [2.24, 2.45) is 0 Å². The molecule has 0 radical (unpaired) electrons. The van der Waals surface area contributed by atoms with E-state index in [9.17, 15) is 14.4 Å². The molecule has 1 amide bonds. The molecule has 0 heterocycles. The van der Waals surface area contributed by atoms with Crippen molar-refractivity contribution in [3.05, 3.63) is 35.4 Å². The van der Waals surface area contributed by atoms with Crippen LogP contribution in [0, 0.1) is 11.3 Å². The third-order valence-corrected chi connectivity index (χ3v) is 2.70. The van der Waals surface area contributed by atoms with Crippen LogP contribution in [0.3, 0.4) is 0 Å². The van der Waals surface area contributed by atoms with Crippen LogP contribution in [0.1, 0.15) is 31.4 Å². The van der Waals surface area contributed by atoms with Gasteiger partial charge in [0, 0.05) is 13.3 Å². The summed E-state index contributed by atoms with van der Waals surface area (Å²) < 4.78 is 5.10. The minimum Gasteiger partial charge on any atom is -0.481 e. The number of amides is 1. The molecule has 1 aromatic rings. The third-order valence-electron chi connectivity index (χ3n) is 2.70. The SMILES string of the molecule is CC(=O)NC(C)(Cc1ccc(C#N)cc1)OC(=O)CC(=O)O. The van der Waals surface area contributed by atoms with E-state index < -0.39 is 30.0 Å². The molecule has 0 aromatic heterocycles. The Morgan fingerprint density at radius 3 is 2.36 bits per heavy atom. The van der Waals surface area contributed by atoms with Crippen LogP contribution in [-0.4, -0.2) is 28.7 Å². The number of nitrogens with zero attached hydrogens (tertiary/aromatic N) is 1. The molecule has 116 valence electrons. The van der Waals surface area contributed by atoms with E-state index in [1.807, 2.05) is 6.07 Å². The second-order valence-electron chi connectivity index (χ2n) is 4.94. The molecule has 0 aliphatic heterocycles. The Hall–Kier alpha value is -2.88. The highest BCUT2D eigenvalue weighted by molar-refractivity contribution is 5.90. The summed E-state index contributed by atoms with van der Waals surface area (Å²) in [5.41, 5.74) is -0.168. The van der Waals surface area contributed by atoms with Crippen LogP contribution in [0.4, 0.5) is 0 Å². The molecule has 7 nitrogen and oxygen atoms in total. The lowest BCUT2D eigenvalue weighted by Crippen LogP contribution is -2.50. The molecule has 0 spiro atoms. The van der Waals surface area contributed by atoms with Crippen molar-refractivity contribution in [2.45, 2.75) is 32.4 Å². The minimum absolute atomic E-state index is 0.143. The number of nitriles is 1. The highest BCUT2D eigenvalue weighted by atomic mass is 16.6. The first-order valence-electron chi connectivity index (χ1n) is 6.45. The summed E-state index contributed by atoms with van der Waals surface area (Å²) in [6, 6.07) is 8.52. The maximum atomic E-state index is 11.5. The van der Waals surface area contributed by atoms with E-state index >= 15 is 0 Å². The Balaban J connectivity index is 2.90. The maximum Gasteiger partial charge on any atom is 0.319 e. The maximum absolute atomic E-state index is 11.5. The number of carbonyl (C=O) groups is 3. The van der Waals surface area contributed by atoms with Crippen molar-refractivity contribution in [1.82, 2.24) is 5.32 Å². The number of hydrogen-bond acceptors (Lipinski definition) is 5. The Kier molecular flexibility index (Phi) is 5.64. The quantitative estimate of drug-likeness (QED) is 0.459. The number of ether oxygens (including phenoxy) is 1. The van der Waals surface area contributed by atoms with Gasteiger partial charge in [-0.1, -0.05) is 12.1 Å². The number of carboxylic acid groups (broad SMARTS) is 1. The molecule has 1 rings (SSSR count). The van der Waals surface area contributed by atoms with Crippen LogP contribution in [0.5, 0.6) is 0 Å². The van der Waals surface area contributed by atoms with E-state index in [0.717, 1.165) is 5.56 Å². The molecular formula is C15H16N2O5. The summed E-state index contributed by atoms with van der Waals surface area (Å²) in [6.07, 6.45) is -0.647. The monoisotopic (exact) mass is 304 g/mol. The largest absolute Gasteiger partial charge is 0.481 e. The average molecular weight is 304 g/mol. The van der Waals surface area contributed by atoms with Crippen molar-refractivity contribution in [2.75, 3.05) is 0 Å². The lowest BCUT2D eigenvalue weighted by molar-refractivity contribution is -0.166. The smallest absolute Gasteiger partial charge is 0.319 e. The average Bonchev–Trinajstić information content (AvgIpc) is 2.36. The van der Waals surface area contributed by atoms with Crippen LogP contribution >= 0.6 is 0 Å². The predicted molar refractivity (Wildman–Crippen MR) is 75.4 cm³/mol. The Morgan fingerprint density at radius 1 is 1.32 bits per heavy atom. The molecule has 7 heteroatoms. The van der Waals surface area contributed by atoms with E-state index in [4.69, 9.17) is 15.1 Å². The summed E-state index contributed by atoms with van der Waals surface area (Å²) in [6.45, 7) is 2.74. The second-order valence-corrected chi connectivity index (χ2v) is 4.94. The van der Waals surface area contributed by atoms with Gasteiger partial charge < -0.3 is 15.2 Å². The summed E-state index contributed by atoms with van der Waals surface area (Å²) >= 11 is 0. The fourth-order valence-corrected chi connectivity index (χ4v) is 1.98. The fourth-order valence-electron chi connectivity index (χ4n) is 1.98. The first-order valence-corrected chi connectivity index (χ1v) is 6.45. The fraction of sp³-hybridized carbons (Fsp3) is 0.333. The lowest BCUT2D eigenvalue weighted by Gasteiger charge is -2.30.